The van der Waals surface area contributed by atoms with Gasteiger partial charge in [0.1, 0.15) is 0 Å². The summed E-state index contributed by atoms with van der Waals surface area (Å²) in [6.45, 7) is 7.91. The van der Waals surface area contributed by atoms with Gasteiger partial charge in [0.25, 0.3) is 0 Å². The van der Waals surface area contributed by atoms with Gasteiger partial charge in [-0.1, -0.05) is 17.7 Å². The molecule has 5 heteroatoms. The molecule has 1 aromatic carbocycles. The minimum atomic E-state index is -0.293. The Labute approximate surface area is 145 Å². The molecule has 1 amide bonds. The van der Waals surface area contributed by atoms with Crippen LogP contribution in [0.3, 0.4) is 0 Å². The maximum atomic E-state index is 13.0. The molecule has 0 atom stereocenters. The Morgan fingerprint density at radius 2 is 1.79 bits per heavy atom. The molecule has 0 aliphatic carbocycles. The van der Waals surface area contributed by atoms with Crippen LogP contribution in [0.15, 0.2) is 12.1 Å². The molecule has 1 saturated heterocycles. The largest absolute Gasteiger partial charge is 0.327 e. The Kier molecular flexibility index (Phi) is 6.01. The van der Waals surface area contributed by atoms with Crippen LogP contribution in [0.4, 0.5) is 0 Å². The Hall–Kier alpha value is -1.43. The smallest absolute Gasteiger partial charge is 0.228 e. The van der Waals surface area contributed by atoms with Crippen LogP contribution in [0.2, 0.25) is 0 Å². The molecule has 0 spiro atoms. The molecule has 134 valence electrons. The summed E-state index contributed by atoms with van der Waals surface area (Å²) in [6.07, 6.45) is 2.16. The molecule has 0 aromatic heterocycles. The number of hydrogen-bond donors (Lipinski definition) is 1. The molecule has 24 heavy (non-hydrogen) atoms. The van der Waals surface area contributed by atoms with E-state index in [1.54, 1.807) is 7.11 Å². The maximum absolute atomic E-state index is 13.0. The van der Waals surface area contributed by atoms with Crippen molar-refractivity contribution in [2.24, 2.45) is 0 Å². The highest BCUT2D eigenvalue weighted by molar-refractivity contribution is 5.80. The average Bonchev–Trinajstić information content (AvgIpc) is 2.57. The lowest BCUT2D eigenvalue weighted by atomic mass is 9.93. The van der Waals surface area contributed by atoms with Crippen molar-refractivity contribution in [2.45, 2.75) is 45.7 Å². The Balaban J connectivity index is 2.14. The van der Waals surface area contributed by atoms with Crippen molar-refractivity contribution in [1.82, 2.24) is 15.3 Å². The summed E-state index contributed by atoms with van der Waals surface area (Å²) in [4.78, 5) is 20.2. The van der Waals surface area contributed by atoms with Gasteiger partial charge in [-0.2, -0.15) is 5.06 Å². The molecular weight excluding hydrogens is 302 g/mol. The first kappa shape index (κ1) is 18.9. The zero-order chi connectivity index (χ0) is 17.9. The van der Waals surface area contributed by atoms with E-state index in [4.69, 9.17) is 4.84 Å². The summed E-state index contributed by atoms with van der Waals surface area (Å²) in [5, 5.41) is 5.34. The molecule has 5 nitrogen and oxygen atoms in total. The van der Waals surface area contributed by atoms with Crippen molar-refractivity contribution < 1.29 is 9.63 Å². The highest BCUT2D eigenvalue weighted by atomic mass is 16.7. The summed E-state index contributed by atoms with van der Waals surface area (Å²) < 4.78 is 0. The lowest BCUT2D eigenvalue weighted by Crippen LogP contribution is -2.63. The molecule has 0 unspecified atom stereocenters. The number of aryl methyl sites for hydroxylation is 3. The van der Waals surface area contributed by atoms with Crippen molar-refractivity contribution in [3.8, 4) is 0 Å². The predicted molar refractivity (Wildman–Crippen MR) is 96.7 cm³/mol. The van der Waals surface area contributed by atoms with Crippen molar-refractivity contribution in [1.29, 1.82) is 0 Å². The molecule has 1 aromatic rings. The number of piperidine rings is 1. The summed E-state index contributed by atoms with van der Waals surface area (Å²) in [6, 6.07) is 4.31. The lowest BCUT2D eigenvalue weighted by Gasteiger charge is -2.46. The standard InChI is InChI=1S/C19H31N3O2/c1-14-11-15(2)17(16(3)12-14)13-18(23)21(5)19(20-4)7-9-22(24-6)10-8-19/h11-12,20H,7-10,13H2,1-6H3. The van der Waals surface area contributed by atoms with E-state index in [9.17, 15) is 4.79 Å². The minimum Gasteiger partial charge on any atom is -0.327 e. The van der Waals surface area contributed by atoms with E-state index in [-0.39, 0.29) is 11.6 Å². The third-order valence-electron chi connectivity index (χ3n) is 5.46. The maximum Gasteiger partial charge on any atom is 0.228 e. The van der Waals surface area contributed by atoms with E-state index in [0.717, 1.165) is 31.5 Å². The zero-order valence-corrected chi connectivity index (χ0v) is 15.9. The van der Waals surface area contributed by atoms with Gasteiger partial charge < -0.3 is 9.74 Å². The van der Waals surface area contributed by atoms with Crippen molar-refractivity contribution in [3.63, 3.8) is 0 Å². The minimum absolute atomic E-state index is 0.158. The highest BCUT2D eigenvalue weighted by Gasteiger charge is 2.39. The second kappa shape index (κ2) is 7.64. The fraction of sp³-hybridized carbons (Fsp3) is 0.632. The summed E-state index contributed by atoms with van der Waals surface area (Å²) in [5.41, 5.74) is 4.49. The van der Waals surface area contributed by atoms with E-state index in [1.807, 2.05) is 24.1 Å². The van der Waals surface area contributed by atoms with Crippen LogP contribution in [-0.2, 0) is 16.1 Å². The number of hydroxylamine groups is 2. The summed E-state index contributed by atoms with van der Waals surface area (Å²) >= 11 is 0. The molecular formula is C19H31N3O2. The highest BCUT2D eigenvalue weighted by Crippen LogP contribution is 2.26. The van der Waals surface area contributed by atoms with Gasteiger partial charge in [0, 0.05) is 20.1 Å². The van der Waals surface area contributed by atoms with Crippen molar-refractivity contribution >= 4 is 5.91 Å². The second-order valence-corrected chi connectivity index (χ2v) is 6.90. The number of carbonyl (C=O) groups excluding carboxylic acids is 1. The number of hydrogen-bond acceptors (Lipinski definition) is 4. The quantitative estimate of drug-likeness (QED) is 0.839. The van der Waals surface area contributed by atoms with E-state index in [0.29, 0.717) is 6.42 Å². The summed E-state index contributed by atoms with van der Waals surface area (Å²) in [5.74, 6) is 0.158. The topological polar surface area (TPSA) is 44.8 Å². The third kappa shape index (κ3) is 3.79. The van der Waals surface area contributed by atoms with Gasteiger partial charge in [0.15, 0.2) is 0 Å². The zero-order valence-electron chi connectivity index (χ0n) is 15.9. The van der Waals surface area contributed by atoms with Gasteiger partial charge in [0.2, 0.25) is 5.91 Å². The monoisotopic (exact) mass is 333 g/mol. The first-order valence-electron chi connectivity index (χ1n) is 8.64. The van der Waals surface area contributed by atoms with Crippen LogP contribution in [0.5, 0.6) is 0 Å². The van der Waals surface area contributed by atoms with Gasteiger partial charge in [0.05, 0.1) is 19.2 Å². The normalized spacial score (nSPS) is 17.8. The fourth-order valence-corrected chi connectivity index (χ4v) is 3.79. The van der Waals surface area contributed by atoms with Gasteiger partial charge in [-0.25, -0.2) is 0 Å². The number of benzene rings is 1. The molecule has 1 fully saturated rings. The SMILES string of the molecule is CNC1(N(C)C(=O)Cc2c(C)cc(C)cc2C)CCN(OC)CC1. The molecule has 2 rings (SSSR count). The molecule has 1 aliphatic rings. The van der Waals surface area contributed by atoms with Crippen LogP contribution >= 0.6 is 0 Å². The van der Waals surface area contributed by atoms with Gasteiger partial charge in [-0.05, 0) is 57.4 Å². The van der Waals surface area contributed by atoms with Gasteiger partial charge >= 0.3 is 0 Å². The molecule has 1 heterocycles. The second-order valence-electron chi connectivity index (χ2n) is 6.90. The van der Waals surface area contributed by atoms with E-state index in [1.165, 1.54) is 16.7 Å². The fourth-order valence-electron chi connectivity index (χ4n) is 3.79. The third-order valence-corrected chi connectivity index (χ3v) is 5.46. The Bertz CT molecular complexity index is 569. The van der Waals surface area contributed by atoms with E-state index in [2.05, 4.69) is 38.2 Å². The first-order chi connectivity index (χ1) is 11.3. The predicted octanol–water partition coefficient (Wildman–Crippen LogP) is 2.19. The molecule has 0 radical (unpaired) electrons. The Morgan fingerprint density at radius 3 is 2.25 bits per heavy atom. The number of amides is 1. The number of nitrogens with zero attached hydrogens (tertiary/aromatic N) is 2. The molecule has 0 bridgehead atoms. The summed E-state index contributed by atoms with van der Waals surface area (Å²) in [7, 11) is 5.55. The molecule has 1 aliphatic heterocycles. The van der Waals surface area contributed by atoms with E-state index < -0.39 is 0 Å². The molecule has 0 saturated carbocycles. The average molecular weight is 333 g/mol. The number of nitrogens with one attached hydrogen (secondary N) is 1. The van der Waals surface area contributed by atoms with Crippen LogP contribution in [0.1, 0.15) is 35.1 Å². The van der Waals surface area contributed by atoms with Crippen LogP contribution in [0, 0.1) is 20.8 Å². The van der Waals surface area contributed by atoms with Gasteiger partial charge in [-0.15, -0.1) is 0 Å². The lowest BCUT2D eigenvalue weighted by molar-refractivity contribution is -0.170. The van der Waals surface area contributed by atoms with Crippen molar-refractivity contribution in [3.05, 3.63) is 34.4 Å². The molecule has 1 N–H and O–H groups in total. The number of carbonyl (C=O) groups is 1. The van der Waals surface area contributed by atoms with E-state index >= 15 is 0 Å². The van der Waals surface area contributed by atoms with Crippen LogP contribution < -0.4 is 5.32 Å². The van der Waals surface area contributed by atoms with Gasteiger partial charge in [-0.3, -0.25) is 10.1 Å². The van der Waals surface area contributed by atoms with Crippen LogP contribution in [-0.4, -0.2) is 55.8 Å². The van der Waals surface area contributed by atoms with Crippen LogP contribution in [0.25, 0.3) is 0 Å². The van der Waals surface area contributed by atoms with Crippen molar-refractivity contribution in [2.75, 3.05) is 34.3 Å². The Morgan fingerprint density at radius 1 is 1.25 bits per heavy atom. The first-order valence-corrected chi connectivity index (χ1v) is 8.64. The number of likely N-dealkylation sites (N-methyl/N-ethyl adjacent to an activating group) is 1. The number of rotatable bonds is 5.